The highest BCUT2D eigenvalue weighted by Gasteiger charge is 2.39. The average molecular weight is 482 g/mol. The molecule has 0 radical (unpaired) electrons. The van der Waals surface area contributed by atoms with Crippen LogP contribution in [0.3, 0.4) is 0 Å². The number of hydrogen-bond acceptors (Lipinski definition) is 4. The predicted octanol–water partition coefficient (Wildman–Crippen LogP) is 4.41. The number of aryl methyl sites for hydroxylation is 1. The van der Waals surface area contributed by atoms with E-state index in [9.17, 15) is 9.59 Å². The van der Waals surface area contributed by atoms with Crippen LogP contribution in [0, 0.1) is 12.8 Å². The Kier molecular flexibility index (Phi) is 8.45. The van der Waals surface area contributed by atoms with Gasteiger partial charge in [0.05, 0.1) is 5.69 Å². The lowest BCUT2D eigenvalue weighted by atomic mass is 10.0. The molecule has 34 heavy (non-hydrogen) atoms. The number of carbonyl (C=O) groups excluding carboxylic acids is 2. The molecule has 2 atom stereocenters. The lowest BCUT2D eigenvalue weighted by Crippen LogP contribution is -2.48. The minimum Gasteiger partial charge on any atom is -0.350 e. The van der Waals surface area contributed by atoms with Gasteiger partial charge in [0.25, 0.3) is 0 Å². The van der Waals surface area contributed by atoms with Crippen LogP contribution in [0.2, 0.25) is 0 Å². The van der Waals surface area contributed by atoms with Crippen molar-refractivity contribution in [2.75, 3.05) is 6.54 Å². The molecule has 2 unspecified atom stereocenters. The third-order valence-corrected chi connectivity index (χ3v) is 6.14. The molecular formula is C26H32ClN5O2. The molecule has 8 heteroatoms. The molecule has 1 N–H and O–H groups in total. The highest BCUT2D eigenvalue weighted by molar-refractivity contribution is 6.36. The molecule has 1 saturated heterocycles. The molecule has 1 aliphatic rings. The van der Waals surface area contributed by atoms with E-state index in [0.717, 1.165) is 28.8 Å². The van der Waals surface area contributed by atoms with Gasteiger partial charge in [-0.2, -0.15) is 0 Å². The average Bonchev–Trinajstić information content (AvgIpc) is 3.45. The van der Waals surface area contributed by atoms with Crippen molar-refractivity contribution in [2.24, 2.45) is 5.92 Å². The molecule has 0 aliphatic carbocycles. The summed E-state index contributed by atoms with van der Waals surface area (Å²) >= 11 is 6.08. The molecule has 7 nitrogen and oxygen atoms in total. The van der Waals surface area contributed by atoms with E-state index in [-0.39, 0.29) is 17.7 Å². The number of halogens is 1. The van der Waals surface area contributed by atoms with Gasteiger partial charge >= 0.3 is 0 Å². The zero-order valence-electron chi connectivity index (χ0n) is 20.0. The van der Waals surface area contributed by atoms with Gasteiger partial charge in [-0.15, -0.1) is 5.10 Å². The maximum Gasteiger partial charge on any atom is 0.248 e. The minimum atomic E-state index is -0.489. The van der Waals surface area contributed by atoms with Crippen LogP contribution in [0.5, 0.6) is 0 Å². The van der Waals surface area contributed by atoms with E-state index in [4.69, 9.17) is 11.6 Å². The summed E-state index contributed by atoms with van der Waals surface area (Å²) < 4.78 is 1.61. The van der Waals surface area contributed by atoms with Crippen LogP contribution < -0.4 is 5.32 Å². The smallest absolute Gasteiger partial charge is 0.248 e. The highest BCUT2D eigenvalue weighted by Crippen LogP contribution is 2.27. The number of nitrogens with zero attached hydrogens (tertiary/aromatic N) is 4. The van der Waals surface area contributed by atoms with Gasteiger partial charge in [-0.1, -0.05) is 80.2 Å². The molecule has 1 aromatic carbocycles. The van der Waals surface area contributed by atoms with Crippen molar-refractivity contribution in [3.63, 3.8) is 0 Å². The van der Waals surface area contributed by atoms with Crippen molar-refractivity contribution < 1.29 is 9.59 Å². The number of carbonyl (C=O) groups is 2. The van der Waals surface area contributed by atoms with E-state index in [2.05, 4.69) is 28.8 Å². The van der Waals surface area contributed by atoms with E-state index in [1.54, 1.807) is 21.9 Å². The van der Waals surface area contributed by atoms with Crippen molar-refractivity contribution in [1.82, 2.24) is 25.2 Å². The monoisotopic (exact) mass is 481 g/mol. The standard InChI is InChI=1S/C26H32ClN5O2/c1-6-8-22(19(5)27)21-12-10-20(11-13-21)15-28-25(33)23-9-7-14-31(23)26(34)24(17(2)3)32-16-18(4)29-30-32/h6,8,10-13,16-17,23-24H,1,5,7,9,14-15H2,2-4H3,(H,28,33)/b22-8+. The summed E-state index contributed by atoms with van der Waals surface area (Å²) in [5.41, 5.74) is 3.42. The van der Waals surface area contributed by atoms with Gasteiger partial charge in [0.1, 0.15) is 12.1 Å². The zero-order chi connectivity index (χ0) is 24.8. The molecular weight excluding hydrogens is 450 g/mol. The topological polar surface area (TPSA) is 80.1 Å². The van der Waals surface area contributed by atoms with Gasteiger partial charge < -0.3 is 10.2 Å². The molecule has 180 valence electrons. The number of amides is 2. The van der Waals surface area contributed by atoms with E-state index in [0.29, 0.717) is 24.5 Å². The van der Waals surface area contributed by atoms with Gasteiger partial charge in [0, 0.05) is 24.3 Å². The number of nitrogens with one attached hydrogen (secondary N) is 1. The first kappa shape index (κ1) is 25.4. The third kappa shape index (κ3) is 5.83. The minimum absolute atomic E-state index is 0.0144. The summed E-state index contributed by atoms with van der Waals surface area (Å²) in [5, 5.41) is 11.6. The Bertz CT molecular complexity index is 1090. The molecule has 0 bridgehead atoms. The molecule has 1 aromatic heterocycles. The van der Waals surface area contributed by atoms with Crippen molar-refractivity contribution >= 4 is 29.0 Å². The van der Waals surface area contributed by atoms with Crippen LogP contribution in [-0.4, -0.2) is 44.3 Å². The summed E-state index contributed by atoms with van der Waals surface area (Å²) in [6.07, 6.45) is 6.68. The SMILES string of the molecule is C=C/C=C(\C(=C)Cl)c1ccc(CNC(=O)C2CCCN2C(=O)C(C(C)C)n2cc(C)nn2)cc1. The summed E-state index contributed by atoms with van der Waals surface area (Å²) in [7, 11) is 0. The van der Waals surface area contributed by atoms with Crippen molar-refractivity contribution in [3.05, 3.63) is 77.6 Å². The van der Waals surface area contributed by atoms with Crippen LogP contribution >= 0.6 is 11.6 Å². The normalized spacial score (nSPS) is 17.0. The maximum atomic E-state index is 13.4. The zero-order valence-corrected chi connectivity index (χ0v) is 20.8. The summed E-state index contributed by atoms with van der Waals surface area (Å²) in [6, 6.07) is 6.76. The molecule has 0 saturated carbocycles. The Morgan fingerprint density at radius 2 is 2.00 bits per heavy atom. The van der Waals surface area contributed by atoms with Gasteiger partial charge in [-0.05, 0) is 42.4 Å². The Hall–Kier alpha value is -3.19. The molecule has 2 aromatic rings. The van der Waals surface area contributed by atoms with E-state index < -0.39 is 12.1 Å². The third-order valence-electron chi connectivity index (χ3n) is 5.94. The molecule has 3 rings (SSSR count). The number of rotatable bonds is 9. The molecule has 1 aliphatic heterocycles. The van der Waals surface area contributed by atoms with Crippen LogP contribution in [-0.2, 0) is 16.1 Å². The van der Waals surface area contributed by atoms with E-state index in [1.165, 1.54) is 0 Å². The van der Waals surface area contributed by atoms with Gasteiger partial charge in [-0.3, -0.25) is 9.59 Å². The van der Waals surface area contributed by atoms with Gasteiger partial charge in [0.15, 0.2) is 0 Å². The van der Waals surface area contributed by atoms with Gasteiger partial charge in [0.2, 0.25) is 11.8 Å². The number of allylic oxidation sites excluding steroid dienone is 4. The second-order valence-corrected chi connectivity index (χ2v) is 9.31. The van der Waals surface area contributed by atoms with Gasteiger partial charge in [-0.25, -0.2) is 4.68 Å². The van der Waals surface area contributed by atoms with Crippen LogP contribution in [0.1, 0.15) is 49.6 Å². The largest absolute Gasteiger partial charge is 0.350 e. The van der Waals surface area contributed by atoms with Crippen LogP contribution in [0.25, 0.3) is 5.57 Å². The Morgan fingerprint density at radius 3 is 2.56 bits per heavy atom. The Balaban J connectivity index is 1.66. The van der Waals surface area contributed by atoms with Crippen molar-refractivity contribution in [1.29, 1.82) is 0 Å². The second-order valence-electron chi connectivity index (χ2n) is 8.85. The molecule has 2 amide bonds. The number of aromatic nitrogens is 3. The van der Waals surface area contributed by atoms with E-state index in [1.807, 2.05) is 51.1 Å². The first-order valence-electron chi connectivity index (χ1n) is 11.5. The first-order valence-corrected chi connectivity index (χ1v) is 11.8. The number of hydrogen-bond donors (Lipinski definition) is 1. The fourth-order valence-electron chi connectivity index (χ4n) is 4.25. The summed E-state index contributed by atoms with van der Waals surface area (Å²) in [6.45, 7) is 14.2. The fraction of sp³-hybridized carbons (Fsp3) is 0.385. The second kappa shape index (κ2) is 11.3. The highest BCUT2D eigenvalue weighted by atomic mass is 35.5. The number of likely N-dealkylation sites (tertiary alicyclic amines) is 1. The Labute approximate surface area is 206 Å². The number of benzene rings is 1. The van der Waals surface area contributed by atoms with Crippen LogP contribution in [0.4, 0.5) is 0 Å². The van der Waals surface area contributed by atoms with Crippen molar-refractivity contribution in [2.45, 2.75) is 52.2 Å². The lowest BCUT2D eigenvalue weighted by Gasteiger charge is -2.29. The van der Waals surface area contributed by atoms with Crippen LogP contribution in [0.15, 0.2) is 60.8 Å². The van der Waals surface area contributed by atoms with E-state index >= 15 is 0 Å². The summed E-state index contributed by atoms with van der Waals surface area (Å²) in [4.78, 5) is 28.1. The lowest BCUT2D eigenvalue weighted by molar-refractivity contribution is -0.142. The molecule has 2 heterocycles. The molecule has 1 fully saturated rings. The quantitative estimate of drug-likeness (QED) is 0.538. The fourth-order valence-corrected chi connectivity index (χ4v) is 4.42. The van der Waals surface area contributed by atoms with Crippen molar-refractivity contribution in [3.8, 4) is 0 Å². The molecule has 0 spiro atoms. The predicted molar refractivity (Wildman–Crippen MR) is 135 cm³/mol. The Morgan fingerprint density at radius 1 is 1.29 bits per heavy atom. The first-order chi connectivity index (χ1) is 16.2. The maximum absolute atomic E-state index is 13.4. The summed E-state index contributed by atoms with van der Waals surface area (Å²) in [5.74, 6) is -0.223.